The lowest BCUT2D eigenvalue weighted by atomic mass is 10.2. The molecule has 18 heavy (non-hydrogen) atoms. The number of aldehydes is 1. The van der Waals surface area contributed by atoms with Crippen LogP contribution in [0.4, 0.5) is 0 Å². The van der Waals surface area contributed by atoms with E-state index in [2.05, 4.69) is 5.32 Å². The Kier molecular flexibility index (Phi) is 14.7. The lowest BCUT2D eigenvalue weighted by molar-refractivity contribution is 0.112. The Hall–Kier alpha value is -1.23. The number of hydrogen-bond donors (Lipinski definition) is 3. The van der Waals surface area contributed by atoms with Crippen LogP contribution in [0.5, 0.6) is 0 Å². The molecule has 1 aromatic rings. The SMILES string of the molecule is CC.CNC(CO)CO.Cc1ccc(C=O)cc1. The maximum absolute atomic E-state index is 10.1. The van der Waals surface area contributed by atoms with Crippen LogP contribution in [0.25, 0.3) is 0 Å². The molecule has 0 saturated heterocycles. The van der Waals surface area contributed by atoms with E-state index in [4.69, 9.17) is 10.2 Å². The van der Waals surface area contributed by atoms with E-state index in [0.29, 0.717) is 0 Å². The maximum atomic E-state index is 10.1. The summed E-state index contributed by atoms with van der Waals surface area (Å²) < 4.78 is 0. The van der Waals surface area contributed by atoms with Crippen LogP contribution in [0.1, 0.15) is 29.8 Å². The number of aryl methyl sites for hydroxylation is 1. The Morgan fingerprint density at radius 3 is 1.83 bits per heavy atom. The van der Waals surface area contributed by atoms with Crippen LogP contribution in [-0.2, 0) is 0 Å². The fourth-order valence-corrected chi connectivity index (χ4v) is 0.885. The fourth-order valence-electron chi connectivity index (χ4n) is 0.885. The first-order chi connectivity index (χ1) is 8.67. The lowest BCUT2D eigenvalue weighted by Crippen LogP contribution is -2.32. The van der Waals surface area contributed by atoms with E-state index in [1.165, 1.54) is 5.56 Å². The van der Waals surface area contributed by atoms with Gasteiger partial charge in [-0.2, -0.15) is 0 Å². The topological polar surface area (TPSA) is 69.6 Å². The number of nitrogens with one attached hydrogen (secondary N) is 1. The average molecular weight is 255 g/mol. The molecule has 4 nitrogen and oxygen atoms in total. The van der Waals surface area contributed by atoms with Crippen LogP contribution in [-0.4, -0.2) is 42.8 Å². The molecule has 0 atom stereocenters. The predicted octanol–water partition coefficient (Wildman–Crippen LogP) is 1.39. The van der Waals surface area contributed by atoms with Crippen molar-refractivity contribution >= 4 is 6.29 Å². The Balaban J connectivity index is 0. The molecule has 1 rings (SSSR count). The molecule has 0 aliphatic rings. The summed E-state index contributed by atoms with van der Waals surface area (Å²) in [7, 11) is 1.69. The minimum Gasteiger partial charge on any atom is -0.395 e. The highest BCUT2D eigenvalue weighted by molar-refractivity contribution is 5.74. The summed E-state index contributed by atoms with van der Waals surface area (Å²) in [6, 6.07) is 7.30. The summed E-state index contributed by atoms with van der Waals surface area (Å²) in [6.07, 6.45) is 0.847. The Labute approximate surface area is 110 Å². The number of carbonyl (C=O) groups excluding carboxylic acids is 1. The number of rotatable bonds is 4. The molecular formula is C14H25NO3. The highest BCUT2D eigenvalue weighted by Gasteiger charge is 1.97. The molecule has 3 N–H and O–H groups in total. The maximum Gasteiger partial charge on any atom is 0.150 e. The van der Waals surface area contributed by atoms with Crippen molar-refractivity contribution in [3.05, 3.63) is 35.4 Å². The Morgan fingerprint density at radius 2 is 1.61 bits per heavy atom. The van der Waals surface area contributed by atoms with E-state index in [1.807, 2.05) is 45.0 Å². The summed E-state index contributed by atoms with van der Waals surface area (Å²) in [6.45, 7) is 5.98. The average Bonchev–Trinajstić information content (AvgIpc) is 2.44. The van der Waals surface area contributed by atoms with Gasteiger partial charge in [0.2, 0.25) is 0 Å². The lowest BCUT2D eigenvalue weighted by Gasteiger charge is -2.06. The summed E-state index contributed by atoms with van der Waals surface area (Å²) in [5.74, 6) is 0. The number of aliphatic hydroxyl groups is 2. The first kappa shape index (κ1) is 19.1. The van der Waals surface area contributed by atoms with Crippen LogP contribution < -0.4 is 5.32 Å². The monoisotopic (exact) mass is 255 g/mol. The number of carbonyl (C=O) groups is 1. The third kappa shape index (κ3) is 9.96. The molecule has 0 radical (unpaired) electrons. The van der Waals surface area contributed by atoms with Gasteiger partial charge in [-0.15, -0.1) is 0 Å². The van der Waals surface area contributed by atoms with Crippen LogP contribution in [0.2, 0.25) is 0 Å². The number of hydrogen-bond acceptors (Lipinski definition) is 4. The Bertz CT molecular complexity index is 276. The molecule has 0 saturated carbocycles. The molecule has 0 spiro atoms. The van der Waals surface area contributed by atoms with Crippen molar-refractivity contribution in [2.45, 2.75) is 26.8 Å². The van der Waals surface area contributed by atoms with Gasteiger partial charge in [0, 0.05) is 5.56 Å². The summed E-state index contributed by atoms with van der Waals surface area (Å²) in [4.78, 5) is 10.1. The second-order valence-electron chi connectivity index (χ2n) is 3.38. The number of benzene rings is 1. The molecule has 0 aromatic heterocycles. The van der Waals surface area contributed by atoms with Gasteiger partial charge in [0.15, 0.2) is 0 Å². The normalized spacial score (nSPS) is 8.83. The van der Waals surface area contributed by atoms with Crippen LogP contribution in [0, 0.1) is 6.92 Å². The van der Waals surface area contributed by atoms with E-state index < -0.39 is 0 Å². The number of aliphatic hydroxyl groups excluding tert-OH is 2. The second kappa shape index (κ2) is 13.8. The third-order valence-electron chi connectivity index (χ3n) is 2.06. The molecule has 0 fully saturated rings. The summed E-state index contributed by atoms with van der Waals surface area (Å²) in [5, 5.41) is 19.3. The molecule has 0 amide bonds. The van der Waals surface area contributed by atoms with Crippen molar-refractivity contribution in [1.29, 1.82) is 0 Å². The van der Waals surface area contributed by atoms with Gasteiger partial charge in [-0.05, 0) is 14.0 Å². The number of likely N-dealkylation sites (N-methyl/N-ethyl adjacent to an activating group) is 1. The van der Waals surface area contributed by atoms with Crippen LogP contribution in [0.3, 0.4) is 0 Å². The van der Waals surface area contributed by atoms with Gasteiger partial charge in [-0.25, -0.2) is 0 Å². The van der Waals surface area contributed by atoms with E-state index in [1.54, 1.807) is 7.05 Å². The Morgan fingerprint density at radius 1 is 1.17 bits per heavy atom. The van der Waals surface area contributed by atoms with Gasteiger partial charge in [0.1, 0.15) is 6.29 Å². The van der Waals surface area contributed by atoms with Crippen LogP contribution >= 0.6 is 0 Å². The first-order valence-corrected chi connectivity index (χ1v) is 6.08. The second-order valence-corrected chi connectivity index (χ2v) is 3.38. The van der Waals surface area contributed by atoms with E-state index in [-0.39, 0.29) is 19.3 Å². The summed E-state index contributed by atoms with van der Waals surface area (Å²) in [5.41, 5.74) is 1.92. The van der Waals surface area contributed by atoms with Gasteiger partial charge in [0.05, 0.1) is 19.3 Å². The third-order valence-corrected chi connectivity index (χ3v) is 2.06. The molecule has 1 aromatic carbocycles. The van der Waals surface area contributed by atoms with E-state index in [9.17, 15) is 4.79 Å². The first-order valence-electron chi connectivity index (χ1n) is 6.08. The standard InChI is InChI=1S/C8H8O.C4H11NO2.C2H6/c1-7-2-4-8(6-9)5-3-7;1-5-4(2-6)3-7;1-2/h2-6H,1H3;4-7H,2-3H2,1H3;1-2H3. The van der Waals surface area contributed by atoms with Crippen LogP contribution in [0.15, 0.2) is 24.3 Å². The van der Waals surface area contributed by atoms with Crippen molar-refractivity contribution in [3.63, 3.8) is 0 Å². The highest BCUT2D eigenvalue weighted by Crippen LogP contribution is 1.98. The van der Waals surface area contributed by atoms with Gasteiger partial charge >= 0.3 is 0 Å². The minimum absolute atomic E-state index is 0.00694. The minimum atomic E-state index is -0.153. The van der Waals surface area contributed by atoms with Crippen molar-refractivity contribution in [1.82, 2.24) is 5.32 Å². The smallest absolute Gasteiger partial charge is 0.150 e. The van der Waals surface area contributed by atoms with Gasteiger partial charge in [0.25, 0.3) is 0 Å². The van der Waals surface area contributed by atoms with Gasteiger partial charge in [-0.1, -0.05) is 43.7 Å². The van der Waals surface area contributed by atoms with Crippen molar-refractivity contribution < 1.29 is 15.0 Å². The molecule has 0 unspecified atom stereocenters. The molecule has 0 heterocycles. The van der Waals surface area contributed by atoms with E-state index >= 15 is 0 Å². The molecule has 104 valence electrons. The van der Waals surface area contributed by atoms with Crippen molar-refractivity contribution in [3.8, 4) is 0 Å². The highest BCUT2D eigenvalue weighted by atomic mass is 16.3. The van der Waals surface area contributed by atoms with Crippen molar-refractivity contribution in [2.24, 2.45) is 0 Å². The zero-order valence-corrected chi connectivity index (χ0v) is 11.7. The van der Waals surface area contributed by atoms with Crippen molar-refractivity contribution in [2.75, 3.05) is 20.3 Å². The zero-order valence-electron chi connectivity index (χ0n) is 11.7. The predicted molar refractivity (Wildman–Crippen MR) is 74.9 cm³/mol. The molecule has 0 aliphatic heterocycles. The van der Waals surface area contributed by atoms with Gasteiger partial charge < -0.3 is 15.5 Å². The molecule has 0 aliphatic carbocycles. The quantitative estimate of drug-likeness (QED) is 0.711. The summed E-state index contributed by atoms with van der Waals surface area (Å²) >= 11 is 0. The largest absolute Gasteiger partial charge is 0.395 e. The van der Waals surface area contributed by atoms with E-state index in [0.717, 1.165) is 11.8 Å². The molecular weight excluding hydrogens is 230 g/mol. The van der Waals surface area contributed by atoms with Gasteiger partial charge in [-0.3, -0.25) is 4.79 Å². The molecule has 4 heteroatoms. The zero-order chi connectivity index (χ0) is 14.4. The fraction of sp³-hybridized carbons (Fsp3) is 0.500. The molecule has 0 bridgehead atoms.